The van der Waals surface area contributed by atoms with Crippen molar-refractivity contribution < 1.29 is 0 Å². The average molecular weight is 174 g/mol. The van der Waals surface area contributed by atoms with Crippen molar-refractivity contribution in [3.8, 4) is 0 Å². The second-order valence-corrected chi connectivity index (χ2v) is 4.99. The van der Waals surface area contributed by atoms with E-state index >= 15 is 0 Å². The molecule has 3 atom stereocenters. The monoisotopic (exact) mass is 174 g/mol. The van der Waals surface area contributed by atoms with Gasteiger partial charge in [-0.05, 0) is 43.4 Å². The van der Waals surface area contributed by atoms with Crippen LogP contribution in [-0.2, 0) is 0 Å². The Bertz CT molecular complexity index is 259. The summed E-state index contributed by atoms with van der Waals surface area (Å²) in [5.41, 5.74) is 1.77. The van der Waals surface area contributed by atoms with Crippen molar-refractivity contribution in [1.82, 2.24) is 0 Å². The Labute approximate surface area is 80.7 Å². The summed E-state index contributed by atoms with van der Waals surface area (Å²) in [5, 5.41) is 0. The van der Waals surface area contributed by atoms with Crippen molar-refractivity contribution in [2.75, 3.05) is 0 Å². The van der Waals surface area contributed by atoms with E-state index in [0.717, 1.165) is 17.8 Å². The van der Waals surface area contributed by atoms with E-state index in [1.54, 1.807) is 5.57 Å². The molecule has 0 aromatic carbocycles. The summed E-state index contributed by atoms with van der Waals surface area (Å²) >= 11 is 0. The normalized spacial score (nSPS) is 42.5. The lowest BCUT2D eigenvalue weighted by Gasteiger charge is -2.35. The van der Waals surface area contributed by atoms with Crippen molar-refractivity contribution in [2.24, 2.45) is 17.8 Å². The molecule has 2 fully saturated rings. The summed E-state index contributed by atoms with van der Waals surface area (Å²) < 4.78 is 0. The molecule has 0 nitrogen and oxygen atoms in total. The fourth-order valence-corrected chi connectivity index (χ4v) is 3.57. The zero-order valence-corrected chi connectivity index (χ0v) is 8.21. The van der Waals surface area contributed by atoms with Crippen molar-refractivity contribution in [1.29, 1.82) is 0 Å². The minimum atomic E-state index is 0.935. The van der Waals surface area contributed by atoms with Gasteiger partial charge in [-0.15, -0.1) is 0 Å². The van der Waals surface area contributed by atoms with Gasteiger partial charge in [0.2, 0.25) is 0 Å². The van der Waals surface area contributed by atoms with E-state index in [-0.39, 0.29) is 0 Å². The van der Waals surface area contributed by atoms with Gasteiger partial charge < -0.3 is 0 Å². The molecule has 70 valence electrons. The molecule has 3 rings (SSSR count). The van der Waals surface area contributed by atoms with E-state index in [1.165, 1.54) is 38.5 Å². The fraction of sp³-hybridized carbons (Fsp3) is 0.692. The highest BCUT2D eigenvalue weighted by Gasteiger charge is 2.35. The molecule has 0 spiro atoms. The molecule has 3 unspecified atom stereocenters. The van der Waals surface area contributed by atoms with Crippen LogP contribution in [0, 0.1) is 17.8 Å². The first-order valence-corrected chi connectivity index (χ1v) is 5.79. The molecule has 2 saturated carbocycles. The Hall–Kier alpha value is -0.520. The highest BCUT2D eigenvalue weighted by molar-refractivity contribution is 5.23. The summed E-state index contributed by atoms with van der Waals surface area (Å²) in [6.07, 6.45) is 15.8. The molecular formula is C13H18. The molecule has 0 heteroatoms. The zero-order chi connectivity index (χ0) is 8.67. The summed E-state index contributed by atoms with van der Waals surface area (Å²) in [7, 11) is 0. The SMILES string of the molecule is C1=CCC2CC3CCCC3CC2=C1. The Morgan fingerprint density at radius 3 is 3.08 bits per heavy atom. The summed E-state index contributed by atoms with van der Waals surface area (Å²) in [6, 6.07) is 0. The topological polar surface area (TPSA) is 0 Å². The van der Waals surface area contributed by atoms with Gasteiger partial charge in [0.05, 0.1) is 0 Å². The first-order chi connectivity index (χ1) is 6.43. The molecule has 0 radical (unpaired) electrons. The van der Waals surface area contributed by atoms with E-state index in [2.05, 4.69) is 18.2 Å². The largest absolute Gasteiger partial charge is 0.0839 e. The predicted molar refractivity (Wildman–Crippen MR) is 55.4 cm³/mol. The van der Waals surface area contributed by atoms with E-state index in [0.29, 0.717) is 0 Å². The van der Waals surface area contributed by atoms with Crippen LogP contribution >= 0.6 is 0 Å². The number of allylic oxidation sites excluding steroid dienone is 4. The van der Waals surface area contributed by atoms with Crippen LogP contribution in [-0.4, -0.2) is 0 Å². The van der Waals surface area contributed by atoms with E-state index < -0.39 is 0 Å². The Kier molecular flexibility index (Phi) is 1.81. The maximum Gasteiger partial charge on any atom is -0.0163 e. The second kappa shape index (κ2) is 3.01. The van der Waals surface area contributed by atoms with Crippen LogP contribution in [0.1, 0.15) is 38.5 Å². The van der Waals surface area contributed by atoms with Crippen molar-refractivity contribution >= 4 is 0 Å². The summed E-state index contributed by atoms with van der Waals surface area (Å²) in [4.78, 5) is 0. The maximum atomic E-state index is 2.39. The number of hydrogen-bond donors (Lipinski definition) is 0. The van der Waals surface area contributed by atoms with Gasteiger partial charge in [-0.3, -0.25) is 0 Å². The molecular weight excluding hydrogens is 156 g/mol. The van der Waals surface area contributed by atoms with E-state index in [4.69, 9.17) is 0 Å². The molecule has 0 amide bonds. The second-order valence-electron chi connectivity index (χ2n) is 4.99. The van der Waals surface area contributed by atoms with Crippen LogP contribution in [0.2, 0.25) is 0 Å². The molecule has 0 aromatic rings. The third-order valence-corrected chi connectivity index (χ3v) is 4.29. The first-order valence-electron chi connectivity index (χ1n) is 5.79. The number of fused-ring (bicyclic) bond motifs is 2. The minimum Gasteiger partial charge on any atom is -0.0839 e. The van der Waals surface area contributed by atoms with E-state index in [1.807, 2.05) is 0 Å². The number of hydrogen-bond acceptors (Lipinski definition) is 0. The lowest BCUT2D eigenvalue weighted by Crippen LogP contribution is -2.23. The van der Waals surface area contributed by atoms with Crippen LogP contribution in [0.15, 0.2) is 23.8 Å². The molecule has 3 aliphatic rings. The van der Waals surface area contributed by atoms with E-state index in [9.17, 15) is 0 Å². The third-order valence-electron chi connectivity index (χ3n) is 4.29. The molecule has 3 aliphatic carbocycles. The molecule has 0 aliphatic heterocycles. The zero-order valence-electron chi connectivity index (χ0n) is 8.21. The third kappa shape index (κ3) is 1.27. The van der Waals surface area contributed by atoms with Crippen molar-refractivity contribution in [2.45, 2.75) is 38.5 Å². The van der Waals surface area contributed by atoms with Crippen LogP contribution in [0.3, 0.4) is 0 Å². The van der Waals surface area contributed by atoms with Gasteiger partial charge in [-0.25, -0.2) is 0 Å². The van der Waals surface area contributed by atoms with Gasteiger partial charge in [-0.2, -0.15) is 0 Å². The average Bonchev–Trinajstić information content (AvgIpc) is 2.61. The molecule has 13 heavy (non-hydrogen) atoms. The first kappa shape index (κ1) is 7.84. The van der Waals surface area contributed by atoms with Crippen LogP contribution in [0.5, 0.6) is 0 Å². The Morgan fingerprint density at radius 1 is 1.15 bits per heavy atom. The smallest absolute Gasteiger partial charge is 0.0163 e. The fourth-order valence-electron chi connectivity index (χ4n) is 3.57. The highest BCUT2D eigenvalue weighted by Crippen LogP contribution is 2.48. The Morgan fingerprint density at radius 2 is 2.08 bits per heavy atom. The highest BCUT2D eigenvalue weighted by atomic mass is 14.4. The van der Waals surface area contributed by atoms with Gasteiger partial charge in [0.25, 0.3) is 0 Å². The lowest BCUT2D eigenvalue weighted by molar-refractivity contribution is 0.266. The quantitative estimate of drug-likeness (QED) is 0.525. The van der Waals surface area contributed by atoms with Crippen LogP contribution < -0.4 is 0 Å². The van der Waals surface area contributed by atoms with Crippen molar-refractivity contribution in [3.05, 3.63) is 23.8 Å². The van der Waals surface area contributed by atoms with Crippen molar-refractivity contribution in [3.63, 3.8) is 0 Å². The van der Waals surface area contributed by atoms with Gasteiger partial charge in [0.15, 0.2) is 0 Å². The summed E-state index contributed by atoms with van der Waals surface area (Å²) in [6.45, 7) is 0. The van der Waals surface area contributed by atoms with Gasteiger partial charge >= 0.3 is 0 Å². The standard InChI is InChI=1S/C13H18/c1-2-5-11-9-13-7-3-6-12(13)8-10(11)4-1/h1-2,4,11-13H,3,5-9H2. The molecule has 0 heterocycles. The summed E-state index contributed by atoms with van der Waals surface area (Å²) in [5.74, 6) is 3.09. The van der Waals surface area contributed by atoms with Crippen LogP contribution in [0.4, 0.5) is 0 Å². The molecule has 0 saturated heterocycles. The van der Waals surface area contributed by atoms with Gasteiger partial charge in [0.1, 0.15) is 0 Å². The predicted octanol–water partition coefficient (Wildman–Crippen LogP) is 3.70. The van der Waals surface area contributed by atoms with Crippen LogP contribution in [0.25, 0.3) is 0 Å². The van der Waals surface area contributed by atoms with Gasteiger partial charge in [-0.1, -0.05) is 36.6 Å². The number of rotatable bonds is 0. The lowest BCUT2D eigenvalue weighted by atomic mass is 9.70. The Balaban J connectivity index is 1.83. The molecule has 0 bridgehead atoms. The maximum absolute atomic E-state index is 2.39. The minimum absolute atomic E-state index is 0.935. The van der Waals surface area contributed by atoms with Gasteiger partial charge in [0, 0.05) is 0 Å². The molecule has 0 aromatic heterocycles. The molecule has 0 N–H and O–H groups in total.